The minimum atomic E-state index is -0.589. The molecule has 6 nitrogen and oxygen atoms in total. The number of ether oxygens (including phenoxy) is 1. The van der Waals surface area contributed by atoms with Crippen molar-refractivity contribution in [2.75, 3.05) is 11.9 Å². The molecule has 7 heteroatoms. The van der Waals surface area contributed by atoms with Crippen molar-refractivity contribution in [1.29, 1.82) is 5.26 Å². The normalized spacial score (nSPS) is 11.0. The molecular formula is C25H22ClN3O3. The van der Waals surface area contributed by atoms with Crippen LogP contribution in [0.4, 0.5) is 5.69 Å². The number of carbonyl (C=O) groups is 2. The highest BCUT2D eigenvalue weighted by atomic mass is 35.5. The number of para-hydroxylation sites is 1. The topological polar surface area (TPSA) is 84.1 Å². The van der Waals surface area contributed by atoms with E-state index in [1.54, 1.807) is 31.2 Å². The summed E-state index contributed by atoms with van der Waals surface area (Å²) in [6, 6.07) is 18.0. The Kier molecular flexibility index (Phi) is 7.14. The van der Waals surface area contributed by atoms with Crippen molar-refractivity contribution in [3.05, 3.63) is 87.7 Å². The fourth-order valence-corrected chi connectivity index (χ4v) is 3.61. The standard InChI is InChI=1S/C25H22ClN3O3/c1-4-32-25(31)23-17(3)29(21-8-6-5-7-9-21)16(2)22(23)14-18(15-27)24(30)28-20-12-10-19(26)11-13-20/h5-14H,4H2,1-3H3,(H,28,30). The molecule has 0 aliphatic rings. The molecule has 0 atom stereocenters. The van der Waals surface area contributed by atoms with Crippen molar-refractivity contribution in [1.82, 2.24) is 4.57 Å². The van der Waals surface area contributed by atoms with Crippen LogP contribution < -0.4 is 5.32 Å². The van der Waals surface area contributed by atoms with Gasteiger partial charge in [0.15, 0.2) is 0 Å². The average molecular weight is 448 g/mol. The first kappa shape index (κ1) is 22.9. The number of aromatic nitrogens is 1. The van der Waals surface area contributed by atoms with E-state index in [9.17, 15) is 14.9 Å². The quantitative estimate of drug-likeness (QED) is 0.308. The number of esters is 1. The van der Waals surface area contributed by atoms with E-state index in [4.69, 9.17) is 16.3 Å². The van der Waals surface area contributed by atoms with E-state index in [-0.39, 0.29) is 12.2 Å². The maximum atomic E-state index is 12.8. The van der Waals surface area contributed by atoms with Crippen LogP contribution in [0.2, 0.25) is 5.02 Å². The maximum absolute atomic E-state index is 12.8. The third-order valence-electron chi connectivity index (χ3n) is 4.94. The third kappa shape index (κ3) is 4.74. The van der Waals surface area contributed by atoms with Crippen LogP contribution in [-0.2, 0) is 9.53 Å². The van der Waals surface area contributed by atoms with E-state index in [1.165, 1.54) is 6.08 Å². The number of benzene rings is 2. The molecule has 1 amide bonds. The largest absolute Gasteiger partial charge is 0.462 e. The van der Waals surface area contributed by atoms with Gasteiger partial charge in [-0.15, -0.1) is 0 Å². The zero-order valence-corrected chi connectivity index (χ0v) is 18.7. The molecule has 162 valence electrons. The number of hydrogen-bond acceptors (Lipinski definition) is 4. The highest BCUT2D eigenvalue weighted by Crippen LogP contribution is 2.29. The zero-order chi connectivity index (χ0) is 23.3. The van der Waals surface area contributed by atoms with Crippen LogP contribution in [0, 0.1) is 25.2 Å². The van der Waals surface area contributed by atoms with Crippen molar-refractivity contribution in [2.45, 2.75) is 20.8 Å². The summed E-state index contributed by atoms with van der Waals surface area (Å²) in [5, 5.41) is 12.9. The van der Waals surface area contributed by atoms with Gasteiger partial charge in [-0.05, 0) is 63.2 Å². The van der Waals surface area contributed by atoms with Crippen LogP contribution in [0.3, 0.4) is 0 Å². The Labute approximate surface area is 191 Å². The van der Waals surface area contributed by atoms with E-state index in [2.05, 4.69) is 5.32 Å². The smallest absolute Gasteiger partial charge is 0.340 e. The van der Waals surface area contributed by atoms with Gasteiger partial charge in [-0.25, -0.2) is 4.79 Å². The molecule has 3 rings (SSSR count). The van der Waals surface area contributed by atoms with Gasteiger partial charge in [-0.1, -0.05) is 29.8 Å². The molecule has 0 spiro atoms. The molecule has 0 bridgehead atoms. The number of amides is 1. The number of nitrogens with zero attached hydrogens (tertiary/aromatic N) is 2. The van der Waals surface area contributed by atoms with E-state index in [1.807, 2.05) is 54.8 Å². The lowest BCUT2D eigenvalue weighted by atomic mass is 10.1. The van der Waals surface area contributed by atoms with Gasteiger partial charge in [0.05, 0.1) is 12.2 Å². The van der Waals surface area contributed by atoms with E-state index >= 15 is 0 Å². The number of carbonyl (C=O) groups excluding carboxylic acids is 2. The van der Waals surface area contributed by atoms with Gasteiger partial charge >= 0.3 is 5.97 Å². The van der Waals surface area contributed by atoms with Crippen molar-refractivity contribution < 1.29 is 14.3 Å². The second-order valence-electron chi connectivity index (χ2n) is 6.98. The van der Waals surface area contributed by atoms with Crippen molar-refractivity contribution >= 4 is 35.2 Å². The Bertz CT molecular complexity index is 1220. The van der Waals surface area contributed by atoms with Gasteiger partial charge in [-0.3, -0.25) is 4.79 Å². The van der Waals surface area contributed by atoms with Gasteiger partial charge < -0.3 is 14.6 Å². The van der Waals surface area contributed by atoms with Crippen LogP contribution in [0.25, 0.3) is 11.8 Å². The summed E-state index contributed by atoms with van der Waals surface area (Å²) in [5.41, 5.74) is 3.38. The monoisotopic (exact) mass is 447 g/mol. The summed E-state index contributed by atoms with van der Waals surface area (Å²) < 4.78 is 7.17. The van der Waals surface area contributed by atoms with E-state index in [0.717, 1.165) is 5.69 Å². The van der Waals surface area contributed by atoms with Crippen LogP contribution in [0.1, 0.15) is 34.2 Å². The number of halogens is 1. The Balaban J connectivity index is 2.10. The molecule has 0 radical (unpaired) electrons. The molecule has 0 saturated heterocycles. The molecule has 0 saturated carbocycles. The molecule has 0 fully saturated rings. The third-order valence-corrected chi connectivity index (χ3v) is 5.19. The maximum Gasteiger partial charge on any atom is 0.340 e. The first-order valence-corrected chi connectivity index (χ1v) is 10.4. The van der Waals surface area contributed by atoms with Gasteiger partial charge in [0.2, 0.25) is 0 Å². The summed E-state index contributed by atoms with van der Waals surface area (Å²) in [4.78, 5) is 25.5. The number of anilines is 1. The Morgan fingerprint density at radius 3 is 2.34 bits per heavy atom. The molecule has 1 heterocycles. The molecule has 2 aromatic carbocycles. The molecule has 1 aromatic heterocycles. The summed E-state index contributed by atoms with van der Waals surface area (Å²) in [5.74, 6) is -1.10. The first-order chi connectivity index (χ1) is 15.4. The van der Waals surface area contributed by atoms with Crippen LogP contribution in [0.15, 0.2) is 60.2 Å². The second-order valence-corrected chi connectivity index (χ2v) is 7.42. The minimum Gasteiger partial charge on any atom is -0.462 e. The van der Waals surface area contributed by atoms with Crippen LogP contribution >= 0.6 is 11.6 Å². The van der Waals surface area contributed by atoms with Crippen LogP contribution in [0.5, 0.6) is 0 Å². The molecule has 1 N–H and O–H groups in total. The minimum absolute atomic E-state index is 0.140. The Hall–Kier alpha value is -3.82. The summed E-state index contributed by atoms with van der Waals surface area (Å²) in [7, 11) is 0. The van der Waals surface area contributed by atoms with Crippen molar-refractivity contribution in [2.24, 2.45) is 0 Å². The molecule has 3 aromatic rings. The fourth-order valence-electron chi connectivity index (χ4n) is 3.49. The summed E-state index contributed by atoms with van der Waals surface area (Å²) in [6.07, 6.45) is 1.43. The van der Waals surface area contributed by atoms with Crippen molar-refractivity contribution in [3.8, 4) is 11.8 Å². The SMILES string of the molecule is CCOC(=O)c1c(C=C(C#N)C(=O)Nc2ccc(Cl)cc2)c(C)n(-c2ccccc2)c1C. The van der Waals surface area contributed by atoms with Gasteiger partial charge in [-0.2, -0.15) is 5.26 Å². The highest BCUT2D eigenvalue weighted by Gasteiger charge is 2.25. The van der Waals surface area contributed by atoms with Gasteiger partial charge in [0, 0.05) is 33.3 Å². The lowest BCUT2D eigenvalue weighted by Gasteiger charge is -2.09. The number of rotatable bonds is 6. The lowest BCUT2D eigenvalue weighted by molar-refractivity contribution is -0.112. The highest BCUT2D eigenvalue weighted by molar-refractivity contribution is 6.30. The molecule has 0 aliphatic carbocycles. The molecule has 0 aliphatic heterocycles. The van der Waals surface area contributed by atoms with Crippen molar-refractivity contribution in [3.63, 3.8) is 0 Å². The number of hydrogen-bond donors (Lipinski definition) is 1. The van der Waals surface area contributed by atoms with E-state index in [0.29, 0.717) is 33.2 Å². The van der Waals surface area contributed by atoms with Gasteiger partial charge in [0.25, 0.3) is 5.91 Å². The fraction of sp³-hybridized carbons (Fsp3) is 0.160. The summed E-state index contributed by atoms with van der Waals surface area (Å²) >= 11 is 5.88. The average Bonchev–Trinajstić information content (AvgIpc) is 3.03. The van der Waals surface area contributed by atoms with Crippen LogP contribution in [-0.4, -0.2) is 23.1 Å². The molecule has 0 unspecified atom stereocenters. The van der Waals surface area contributed by atoms with Gasteiger partial charge in [0.1, 0.15) is 11.6 Å². The molecule has 32 heavy (non-hydrogen) atoms. The second kappa shape index (κ2) is 9.99. The number of nitriles is 1. The zero-order valence-electron chi connectivity index (χ0n) is 18.0. The predicted octanol–water partition coefficient (Wildman–Crippen LogP) is 5.47. The first-order valence-electron chi connectivity index (χ1n) is 10.0. The Morgan fingerprint density at radius 1 is 1.09 bits per heavy atom. The summed E-state index contributed by atoms with van der Waals surface area (Å²) in [6.45, 7) is 5.58. The number of nitrogens with one attached hydrogen (secondary N) is 1. The molecular weight excluding hydrogens is 426 g/mol. The Morgan fingerprint density at radius 2 is 1.75 bits per heavy atom. The predicted molar refractivity (Wildman–Crippen MR) is 125 cm³/mol. The lowest BCUT2D eigenvalue weighted by Crippen LogP contribution is -2.14. The van der Waals surface area contributed by atoms with E-state index < -0.39 is 11.9 Å².